The molecule has 2 aromatic heterocycles. The predicted octanol–water partition coefficient (Wildman–Crippen LogP) is 3.68. The summed E-state index contributed by atoms with van der Waals surface area (Å²) in [6, 6.07) is 17.9. The number of fused-ring (bicyclic) bond motifs is 1. The first-order valence-corrected chi connectivity index (χ1v) is 11.3. The van der Waals surface area contributed by atoms with Gasteiger partial charge in [-0.3, -0.25) is 14.4 Å². The first-order chi connectivity index (χ1) is 17.0. The quantitative estimate of drug-likeness (QED) is 0.404. The van der Waals surface area contributed by atoms with Crippen LogP contribution in [0.5, 0.6) is 0 Å². The van der Waals surface area contributed by atoms with E-state index in [0.717, 1.165) is 11.1 Å². The number of nitrogens with one attached hydrogen (secondary N) is 1. The second-order valence-electron chi connectivity index (χ2n) is 8.62. The predicted molar refractivity (Wildman–Crippen MR) is 127 cm³/mol. The molecule has 0 saturated carbocycles. The van der Waals surface area contributed by atoms with Gasteiger partial charge in [0.05, 0.1) is 48.5 Å². The molecule has 0 bridgehead atoms. The number of furan rings is 1. The Morgan fingerprint density at radius 2 is 1.97 bits per heavy atom. The van der Waals surface area contributed by atoms with Gasteiger partial charge in [-0.25, -0.2) is 4.98 Å². The zero-order valence-corrected chi connectivity index (χ0v) is 18.8. The third kappa shape index (κ3) is 4.79. The second kappa shape index (κ2) is 9.46. The van der Waals surface area contributed by atoms with Gasteiger partial charge < -0.3 is 24.3 Å². The topological polar surface area (TPSA) is 118 Å². The number of imidazole rings is 1. The Hall–Kier alpha value is -4.40. The SMILES string of the molecule is O=C(O)CC(c1ccccc1)n1cnc2cc(NC(=O)C3CC(=O)N(Cc4ccco4)C3)ccc21. The summed E-state index contributed by atoms with van der Waals surface area (Å²) in [6.45, 7) is 0.675. The van der Waals surface area contributed by atoms with Crippen LogP contribution in [0.25, 0.3) is 11.0 Å². The molecule has 35 heavy (non-hydrogen) atoms. The van der Waals surface area contributed by atoms with Gasteiger partial charge in [0.1, 0.15) is 5.76 Å². The van der Waals surface area contributed by atoms with E-state index in [0.29, 0.717) is 30.1 Å². The van der Waals surface area contributed by atoms with E-state index in [9.17, 15) is 19.5 Å². The van der Waals surface area contributed by atoms with Gasteiger partial charge in [-0.1, -0.05) is 30.3 Å². The largest absolute Gasteiger partial charge is 0.481 e. The van der Waals surface area contributed by atoms with Crippen LogP contribution in [-0.4, -0.2) is 43.9 Å². The third-order valence-electron chi connectivity index (χ3n) is 6.24. The van der Waals surface area contributed by atoms with Crippen molar-refractivity contribution in [1.29, 1.82) is 0 Å². The van der Waals surface area contributed by atoms with Crippen LogP contribution >= 0.6 is 0 Å². The summed E-state index contributed by atoms with van der Waals surface area (Å²) >= 11 is 0. The molecule has 0 radical (unpaired) electrons. The van der Waals surface area contributed by atoms with Crippen molar-refractivity contribution in [1.82, 2.24) is 14.5 Å². The molecule has 9 nitrogen and oxygen atoms in total. The maximum Gasteiger partial charge on any atom is 0.305 e. The molecule has 2 atom stereocenters. The summed E-state index contributed by atoms with van der Waals surface area (Å²) in [5.41, 5.74) is 2.84. The summed E-state index contributed by atoms with van der Waals surface area (Å²) in [5, 5.41) is 12.4. The highest BCUT2D eigenvalue weighted by atomic mass is 16.4. The number of hydrogen-bond acceptors (Lipinski definition) is 5. The Labute approximate surface area is 201 Å². The lowest BCUT2D eigenvalue weighted by atomic mass is 10.0. The van der Waals surface area contributed by atoms with E-state index in [1.54, 1.807) is 41.8 Å². The fraction of sp³-hybridized carbons (Fsp3) is 0.231. The number of hydrogen-bond donors (Lipinski definition) is 2. The van der Waals surface area contributed by atoms with Crippen LogP contribution in [0.1, 0.15) is 30.2 Å². The first-order valence-electron chi connectivity index (χ1n) is 11.3. The number of carbonyl (C=O) groups excluding carboxylic acids is 2. The third-order valence-corrected chi connectivity index (χ3v) is 6.24. The number of amides is 2. The molecule has 1 fully saturated rings. The van der Waals surface area contributed by atoms with Gasteiger partial charge in [0.15, 0.2) is 0 Å². The van der Waals surface area contributed by atoms with Gasteiger partial charge in [-0.05, 0) is 35.9 Å². The van der Waals surface area contributed by atoms with E-state index >= 15 is 0 Å². The number of carboxylic acid groups (broad SMARTS) is 1. The lowest BCUT2D eigenvalue weighted by Crippen LogP contribution is -2.27. The van der Waals surface area contributed by atoms with Crippen molar-refractivity contribution in [3.8, 4) is 0 Å². The van der Waals surface area contributed by atoms with Crippen molar-refractivity contribution >= 4 is 34.5 Å². The molecule has 1 aliphatic rings. The van der Waals surface area contributed by atoms with Crippen molar-refractivity contribution in [3.63, 3.8) is 0 Å². The molecule has 2 N–H and O–H groups in total. The minimum atomic E-state index is -0.906. The first kappa shape index (κ1) is 22.4. The number of carbonyl (C=O) groups is 3. The number of anilines is 1. The highest BCUT2D eigenvalue weighted by molar-refractivity contribution is 5.98. The molecule has 2 unspecified atom stereocenters. The molecule has 0 spiro atoms. The Balaban J connectivity index is 1.31. The van der Waals surface area contributed by atoms with Gasteiger partial charge in [0.2, 0.25) is 11.8 Å². The zero-order valence-electron chi connectivity index (χ0n) is 18.8. The minimum Gasteiger partial charge on any atom is -0.481 e. The molecule has 9 heteroatoms. The highest BCUT2D eigenvalue weighted by Gasteiger charge is 2.34. The number of carboxylic acids is 1. The molecule has 2 amide bonds. The van der Waals surface area contributed by atoms with Crippen molar-refractivity contribution < 1.29 is 23.9 Å². The molecular weight excluding hydrogens is 448 g/mol. The van der Waals surface area contributed by atoms with E-state index in [-0.39, 0.29) is 24.7 Å². The Kier molecular flexibility index (Phi) is 6.05. The fourth-order valence-electron chi connectivity index (χ4n) is 4.51. The van der Waals surface area contributed by atoms with Gasteiger partial charge in [0.25, 0.3) is 0 Å². The number of likely N-dealkylation sites (tertiary alicyclic amines) is 1. The zero-order chi connectivity index (χ0) is 24.4. The number of rotatable bonds is 8. The Morgan fingerprint density at radius 3 is 2.71 bits per heavy atom. The standard InChI is InChI=1S/C26H24N4O5/c31-24-11-18(14-29(24)15-20-7-4-10-35-20)26(34)28-19-8-9-22-21(12-19)27-16-30(22)23(13-25(32)33)17-5-2-1-3-6-17/h1-10,12,16,18,23H,11,13-15H2,(H,28,34)(H,32,33). The molecular formula is C26H24N4O5. The molecule has 178 valence electrons. The van der Waals surface area contributed by atoms with E-state index in [2.05, 4.69) is 10.3 Å². The number of benzene rings is 2. The van der Waals surface area contributed by atoms with Crippen LogP contribution in [0.15, 0.2) is 77.7 Å². The van der Waals surface area contributed by atoms with Crippen LogP contribution in [0, 0.1) is 5.92 Å². The molecule has 2 aromatic carbocycles. The van der Waals surface area contributed by atoms with E-state index in [1.165, 1.54) is 0 Å². The summed E-state index contributed by atoms with van der Waals surface area (Å²) in [5.74, 6) is -0.995. The highest BCUT2D eigenvalue weighted by Crippen LogP contribution is 2.29. The van der Waals surface area contributed by atoms with Crippen LogP contribution in [-0.2, 0) is 20.9 Å². The second-order valence-corrected chi connectivity index (χ2v) is 8.62. The molecule has 3 heterocycles. The van der Waals surface area contributed by atoms with Crippen LogP contribution < -0.4 is 5.32 Å². The van der Waals surface area contributed by atoms with Crippen LogP contribution in [0.4, 0.5) is 5.69 Å². The molecule has 4 aromatic rings. The number of aliphatic carboxylic acids is 1. The smallest absolute Gasteiger partial charge is 0.305 e. The van der Waals surface area contributed by atoms with E-state index in [4.69, 9.17) is 4.42 Å². The van der Waals surface area contributed by atoms with E-state index < -0.39 is 17.9 Å². The van der Waals surface area contributed by atoms with Gasteiger partial charge in [0, 0.05) is 18.7 Å². The Bertz CT molecular complexity index is 1360. The minimum absolute atomic E-state index is 0.0823. The van der Waals surface area contributed by atoms with Crippen LogP contribution in [0.3, 0.4) is 0 Å². The molecule has 5 rings (SSSR count). The van der Waals surface area contributed by atoms with Crippen molar-refractivity contribution in [2.75, 3.05) is 11.9 Å². The molecule has 0 aliphatic carbocycles. The van der Waals surface area contributed by atoms with Gasteiger partial charge >= 0.3 is 5.97 Å². The average molecular weight is 473 g/mol. The monoisotopic (exact) mass is 472 g/mol. The van der Waals surface area contributed by atoms with Gasteiger partial charge in [-0.2, -0.15) is 0 Å². The van der Waals surface area contributed by atoms with E-state index in [1.807, 2.05) is 41.0 Å². The van der Waals surface area contributed by atoms with Gasteiger partial charge in [-0.15, -0.1) is 0 Å². The maximum atomic E-state index is 12.9. The number of aromatic nitrogens is 2. The van der Waals surface area contributed by atoms with Crippen molar-refractivity contribution in [3.05, 3.63) is 84.6 Å². The summed E-state index contributed by atoms with van der Waals surface area (Å²) < 4.78 is 7.15. The lowest BCUT2D eigenvalue weighted by Gasteiger charge is -2.18. The average Bonchev–Trinajstić information content (AvgIpc) is 3.59. The summed E-state index contributed by atoms with van der Waals surface area (Å²) in [6.07, 6.45) is 3.25. The van der Waals surface area contributed by atoms with Crippen molar-refractivity contribution in [2.24, 2.45) is 5.92 Å². The Morgan fingerprint density at radius 1 is 1.14 bits per heavy atom. The summed E-state index contributed by atoms with van der Waals surface area (Å²) in [7, 11) is 0. The van der Waals surface area contributed by atoms with Crippen LogP contribution in [0.2, 0.25) is 0 Å². The maximum absolute atomic E-state index is 12.9. The molecule has 1 saturated heterocycles. The number of nitrogens with zero attached hydrogens (tertiary/aromatic N) is 3. The lowest BCUT2D eigenvalue weighted by molar-refractivity contribution is -0.137. The fourth-order valence-corrected chi connectivity index (χ4v) is 4.51. The van der Waals surface area contributed by atoms with Crippen molar-refractivity contribution in [2.45, 2.75) is 25.4 Å². The summed E-state index contributed by atoms with van der Waals surface area (Å²) in [4.78, 5) is 42.8. The normalized spacial score (nSPS) is 16.5. The molecule has 1 aliphatic heterocycles.